The number of aryl methyl sites for hydroxylation is 1. The Morgan fingerprint density at radius 3 is 2.67 bits per heavy atom. The molecule has 0 spiro atoms. The Bertz CT molecular complexity index is 491. The van der Waals surface area contributed by atoms with Crippen molar-refractivity contribution in [3.63, 3.8) is 0 Å². The fraction of sp³-hybridized carbons (Fsp3) is 0.562. The van der Waals surface area contributed by atoms with Crippen LogP contribution in [0, 0.1) is 6.92 Å². The number of rotatable bonds is 7. The van der Waals surface area contributed by atoms with E-state index in [0.717, 1.165) is 34.2 Å². The average molecular weight is 357 g/mol. The summed E-state index contributed by atoms with van der Waals surface area (Å²) in [7, 11) is 0. The van der Waals surface area contributed by atoms with Gasteiger partial charge in [-0.15, -0.1) is 0 Å². The molecule has 4 nitrogen and oxygen atoms in total. The summed E-state index contributed by atoms with van der Waals surface area (Å²) in [6.45, 7) is 8.29. The zero-order valence-electron chi connectivity index (χ0n) is 13.2. The van der Waals surface area contributed by atoms with E-state index in [2.05, 4.69) is 28.2 Å². The van der Waals surface area contributed by atoms with Crippen LogP contribution in [-0.2, 0) is 11.2 Å². The summed E-state index contributed by atoms with van der Waals surface area (Å²) < 4.78 is 6.90. The molecule has 0 radical (unpaired) electrons. The van der Waals surface area contributed by atoms with Gasteiger partial charge < -0.3 is 15.8 Å². The maximum absolute atomic E-state index is 11.8. The summed E-state index contributed by atoms with van der Waals surface area (Å²) in [5, 5.41) is 2.77. The molecule has 1 amide bonds. The molecule has 1 aromatic carbocycles. The van der Waals surface area contributed by atoms with Crippen molar-refractivity contribution >= 4 is 21.8 Å². The average Bonchev–Trinajstić information content (AvgIpc) is 2.42. The number of halogens is 1. The first kappa shape index (κ1) is 18.0. The summed E-state index contributed by atoms with van der Waals surface area (Å²) in [4.78, 5) is 11.8. The molecule has 0 bridgehead atoms. The fourth-order valence-electron chi connectivity index (χ4n) is 2.09. The number of nitrogens with one attached hydrogen (secondary N) is 1. The van der Waals surface area contributed by atoms with E-state index in [1.165, 1.54) is 0 Å². The quantitative estimate of drug-likeness (QED) is 0.789. The maximum Gasteiger partial charge on any atom is 0.260 e. The lowest BCUT2D eigenvalue weighted by molar-refractivity contribution is -0.127. The first-order chi connectivity index (χ1) is 9.88. The van der Waals surface area contributed by atoms with Crippen LogP contribution in [0.4, 0.5) is 0 Å². The van der Waals surface area contributed by atoms with Crippen LogP contribution in [-0.4, -0.2) is 24.6 Å². The fourth-order valence-corrected chi connectivity index (χ4v) is 2.71. The Labute approximate surface area is 135 Å². The second-order valence-electron chi connectivity index (χ2n) is 5.24. The van der Waals surface area contributed by atoms with E-state index in [0.29, 0.717) is 6.54 Å². The number of benzene rings is 1. The predicted molar refractivity (Wildman–Crippen MR) is 89.6 cm³/mol. The lowest BCUT2D eigenvalue weighted by Crippen LogP contribution is -2.36. The van der Waals surface area contributed by atoms with Crippen molar-refractivity contribution in [1.29, 1.82) is 0 Å². The van der Waals surface area contributed by atoms with Gasteiger partial charge in [-0.3, -0.25) is 4.79 Å². The molecule has 21 heavy (non-hydrogen) atoms. The topological polar surface area (TPSA) is 64.3 Å². The zero-order valence-corrected chi connectivity index (χ0v) is 14.8. The van der Waals surface area contributed by atoms with E-state index >= 15 is 0 Å². The molecule has 3 N–H and O–H groups in total. The second-order valence-corrected chi connectivity index (χ2v) is 6.15. The third-order valence-corrected chi connectivity index (χ3v) is 3.80. The molecule has 1 rings (SSSR count). The van der Waals surface area contributed by atoms with Crippen LogP contribution in [0.15, 0.2) is 16.6 Å². The Morgan fingerprint density at radius 1 is 1.43 bits per heavy atom. The molecule has 0 aliphatic carbocycles. The first-order valence-electron chi connectivity index (χ1n) is 7.37. The molecular weight excluding hydrogens is 332 g/mol. The SMILES string of the molecule is CCNC(=O)C(C)Oc1c(C)cc(Br)cc1CC(N)CC. The Balaban J connectivity index is 3.01. The summed E-state index contributed by atoms with van der Waals surface area (Å²) in [5.74, 6) is 0.659. The van der Waals surface area contributed by atoms with Gasteiger partial charge in [0.2, 0.25) is 0 Å². The molecular formula is C16H25BrN2O2. The van der Waals surface area contributed by atoms with E-state index in [4.69, 9.17) is 10.5 Å². The van der Waals surface area contributed by atoms with Crippen molar-refractivity contribution in [1.82, 2.24) is 5.32 Å². The minimum absolute atomic E-state index is 0.0841. The van der Waals surface area contributed by atoms with Crippen LogP contribution in [0.3, 0.4) is 0 Å². The standard InChI is InChI=1S/C16H25BrN2O2/c1-5-14(18)9-12-8-13(17)7-10(3)15(12)21-11(4)16(20)19-6-2/h7-8,11,14H,5-6,9,18H2,1-4H3,(H,19,20). The Morgan fingerprint density at radius 2 is 2.10 bits per heavy atom. The number of amides is 1. The smallest absolute Gasteiger partial charge is 0.260 e. The van der Waals surface area contributed by atoms with Gasteiger partial charge in [-0.2, -0.15) is 0 Å². The molecule has 0 heterocycles. The highest BCUT2D eigenvalue weighted by molar-refractivity contribution is 9.10. The van der Waals surface area contributed by atoms with Gasteiger partial charge in [0.05, 0.1) is 0 Å². The number of carbonyl (C=O) groups excluding carboxylic acids is 1. The van der Waals surface area contributed by atoms with Gasteiger partial charge in [0.15, 0.2) is 6.10 Å². The van der Waals surface area contributed by atoms with Crippen LogP contribution >= 0.6 is 15.9 Å². The summed E-state index contributed by atoms with van der Waals surface area (Å²) >= 11 is 3.50. The first-order valence-corrected chi connectivity index (χ1v) is 8.17. The van der Waals surface area contributed by atoms with Crippen molar-refractivity contribution in [2.45, 2.75) is 52.7 Å². The van der Waals surface area contributed by atoms with Crippen molar-refractivity contribution in [2.75, 3.05) is 6.54 Å². The molecule has 0 saturated carbocycles. The summed E-state index contributed by atoms with van der Waals surface area (Å²) in [6, 6.07) is 4.09. The normalized spacial score (nSPS) is 13.6. The van der Waals surface area contributed by atoms with Crippen molar-refractivity contribution in [3.8, 4) is 5.75 Å². The molecule has 2 unspecified atom stereocenters. The molecule has 118 valence electrons. The molecule has 2 atom stereocenters. The van der Waals surface area contributed by atoms with Crippen molar-refractivity contribution in [3.05, 3.63) is 27.7 Å². The van der Waals surface area contributed by atoms with E-state index < -0.39 is 6.10 Å². The number of hydrogen-bond donors (Lipinski definition) is 2. The largest absolute Gasteiger partial charge is 0.480 e. The van der Waals surface area contributed by atoms with Crippen LogP contribution < -0.4 is 15.8 Å². The predicted octanol–water partition coefficient (Wildman–Crippen LogP) is 2.94. The lowest BCUT2D eigenvalue weighted by atomic mass is 10.0. The highest BCUT2D eigenvalue weighted by Gasteiger charge is 2.18. The van der Waals surface area contributed by atoms with Gasteiger partial charge in [-0.25, -0.2) is 0 Å². The van der Waals surface area contributed by atoms with Crippen LogP contribution in [0.25, 0.3) is 0 Å². The molecule has 0 aliphatic heterocycles. The Kier molecular flexibility index (Phi) is 7.18. The van der Waals surface area contributed by atoms with Gasteiger partial charge in [0.1, 0.15) is 5.75 Å². The number of carbonyl (C=O) groups is 1. The van der Waals surface area contributed by atoms with Crippen LogP contribution in [0.5, 0.6) is 5.75 Å². The third kappa shape index (κ3) is 5.32. The van der Waals surface area contributed by atoms with Crippen LogP contribution in [0.2, 0.25) is 0 Å². The third-order valence-electron chi connectivity index (χ3n) is 3.34. The highest BCUT2D eigenvalue weighted by Crippen LogP contribution is 2.30. The van der Waals surface area contributed by atoms with E-state index in [-0.39, 0.29) is 11.9 Å². The molecule has 0 fully saturated rings. The number of hydrogen-bond acceptors (Lipinski definition) is 3. The number of ether oxygens (including phenoxy) is 1. The monoisotopic (exact) mass is 356 g/mol. The molecule has 5 heteroatoms. The van der Waals surface area contributed by atoms with Crippen LogP contribution in [0.1, 0.15) is 38.3 Å². The minimum atomic E-state index is -0.526. The number of nitrogens with two attached hydrogens (primary N) is 1. The maximum atomic E-state index is 11.8. The van der Waals surface area contributed by atoms with Gasteiger partial charge in [0, 0.05) is 17.1 Å². The number of likely N-dealkylation sites (N-methyl/N-ethyl adjacent to an activating group) is 1. The van der Waals surface area contributed by atoms with Gasteiger partial charge in [0.25, 0.3) is 5.91 Å². The summed E-state index contributed by atoms with van der Waals surface area (Å²) in [5.41, 5.74) is 8.10. The van der Waals surface area contributed by atoms with Crippen molar-refractivity contribution < 1.29 is 9.53 Å². The lowest BCUT2D eigenvalue weighted by Gasteiger charge is -2.20. The van der Waals surface area contributed by atoms with E-state index in [9.17, 15) is 4.79 Å². The van der Waals surface area contributed by atoms with Gasteiger partial charge in [-0.05, 0) is 56.9 Å². The molecule has 0 saturated heterocycles. The highest BCUT2D eigenvalue weighted by atomic mass is 79.9. The molecule has 1 aromatic rings. The van der Waals surface area contributed by atoms with Gasteiger partial charge in [-0.1, -0.05) is 22.9 Å². The van der Waals surface area contributed by atoms with E-state index in [1.807, 2.05) is 26.0 Å². The van der Waals surface area contributed by atoms with Crippen molar-refractivity contribution in [2.24, 2.45) is 5.73 Å². The zero-order chi connectivity index (χ0) is 16.0. The summed E-state index contributed by atoms with van der Waals surface area (Å²) in [6.07, 6.45) is 1.10. The Hall–Kier alpha value is -1.07. The molecule has 0 aromatic heterocycles. The minimum Gasteiger partial charge on any atom is -0.480 e. The second kappa shape index (κ2) is 8.39. The van der Waals surface area contributed by atoms with E-state index in [1.54, 1.807) is 6.92 Å². The van der Waals surface area contributed by atoms with Gasteiger partial charge >= 0.3 is 0 Å². The molecule has 0 aliphatic rings.